The highest BCUT2D eigenvalue weighted by Gasteiger charge is 2.16. The molecule has 2 amide bonds. The molecule has 3 rings (SSSR count). The number of carbonyl (C=O) groups excluding carboxylic acids is 2. The Morgan fingerprint density at radius 2 is 1.57 bits per heavy atom. The summed E-state index contributed by atoms with van der Waals surface area (Å²) in [4.78, 5) is 23.1. The Balaban J connectivity index is 1.74. The highest BCUT2D eigenvalue weighted by molar-refractivity contribution is 7.90. The van der Waals surface area contributed by atoms with Gasteiger partial charge in [0.1, 0.15) is 0 Å². The lowest BCUT2D eigenvalue weighted by Crippen LogP contribution is -2.28. The lowest BCUT2D eigenvalue weighted by atomic mass is 10.0. The number of hydrogen-bond acceptors (Lipinski definition) is 4. The number of anilines is 1. The van der Waals surface area contributed by atoms with Crippen molar-refractivity contribution in [2.75, 3.05) is 5.32 Å². The van der Waals surface area contributed by atoms with Gasteiger partial charge in [-0.2, -0.15) is 0 Å². The predicted molar refractivity (Wildman–Crippen MR) is 109 cm³/mol. The average Bonchev–Trinajstić information content (AvgIpc) is 2.66. The highest BCUT2D eigenvalue weighted by atomic mass is 32.2. The van der Waals surface area contributed by atoms with Gasteiger partial charge in [-0.05, 0) is 46.7 Å². The van der Waals surface area contributed by atoms with E-state index in [0.29, 0.717) is 5.69 Å². The third-order valence-electron chi connectivity index (χ3n) is 3.96. The largest absolute Gasteiger partial charge is 0.326 e. The quantitative estimate of drug-likeness (QED) is 0.650. The van der Waals surface area contributed by atoms with Crippen LogP contribution in [-0.4, -0.2) is 20.2 Å². The van der Waals surface area contributed by atoms with E-state index >= 15 is 0 Å². The molecule has 0 atom stereocenters. The van der Waals surface area contributed by atoms with Gasteiger partial charge in [0.05, 0.1) is 4.90 Å². The molecular formula is C21H18N2O4S. The van der Waals surface area contributed by atoms with E-state index in [1.807, 2.05) is 47.2 Å². The molecule has 3 aromatic rings. The molecule has 7 heteroatoms. The molecule has 28 heavy (non-hydrogen) atoms. The maximum absolute atomic E-state index is 12.3. The van der Waals surface area contributed by atoms with Crippen LogP contribution in [0.3, 0.4) is 0 Å². The monoisotopic (exact) mass is 394 g/mol. The van der Waals surface area contributed by atoms with Gasteiger partial charge in [0.25, 0.3) is 15.9 Å². The average molecular weight is 394 g/mol. The smallest absolute Gasteiger partial charge is 0.264 e. The fourth-order valence-corrected chi connectivity index (χ4v) is 3.65. The molecule has 6 nitrogen and oxygen atoms in total. The van der Waals surface area contributed by atoms with Crippen molar-refractivity contribution in [2.24, 2.45) is 0 Å². The molecule has 0 radical (unpaired) electrons. The molecule has 142 valence electrons. The molecule has 0 saturated heterocycles. The Labute approximate surface area is 162 Å². The number of amides is 2. The van der Waals surface area contributed by atoms with Crippen LogP contribution < -0.4 is 10.0 Å². The first-order chi connectivity index (χ1) is 13.3. The first kappa shape index (κ1) is 19.3. The van der Waals surface area contributed by atoms with Gasteiger partial charge in [-0.25, -0.2) is 13.1 Å². The SMILES string of the molecule is CC(=O)Nc1ccc(S(=O)(=O)NC(=O)/C=C/c2cccc3ccccc23)cc1. The number of rotatable bonds is 5. The first-order valence-electron chi connectivity index (χ1n) is 8.45. The first-order valence-corrected chi connectivity index (χ1v) is 9.94. The van der Waals surface area contributed by atoms with Gasteiger partial charge in [0.15, 0.2) is 0 Å². The lowest BCUT2D eigenvalue weighted by Gasteiger charge is -2.07. The van der Waals surface area contributed by atoms with Crippen LogP contribution in [0, 0.1) is 0 Å². The molecule has 2 N–H and O–H groups in total. The van der Waals surface area contributed by atoms with Crippen molar-refractivity contribution < 1.29 is 18.0 Å². The van der Waals surface area contributed by atoms with Crippen LogP contribution >= 0.6 is 0 Å². The minimum absolute atomic E-state index is 0.0755. The Morgan fingerprint density at radius 1 is 0.893 bits per heavy atom. The number of hydrogen-bond donors (Lipinski definition) is 2. The number of fused-ring (bicyclic) bond motifs is 1. The molecule has 0 heterocycles. The van der Waals surface area contributed by atoms with Crippen molar-refractivity contribution >= 4 is 44.4 Å². The van der Waals surface area contributed by atoms with E-state index in [2.05, 4.69) is 5.32 Å². The molecule has 0 fully saturated rings. The number of carbonyl (C=O) groups is 2. The van der Waals surface area contributed by atoms with E-state index in [1.165, 1.54) is 37.3 Å². The number of sulfonamides is 1. The highest BCUT2D eigenvalue weighted by Crippen LogP contribution is 2.19. The standard InChI is InChI=1S/C21H18N2O4S/c1-15(24)22-18-10-12-19(13-11-18)28(26,27)23-21(25)14-9-17-7-4-6-16-5-2-3-8-20(16)17/h2-14H,1H3,(H,22,24)(H,23,25)/b14-9+. The van der Waals surface area contributed by atoms with E-state index < -0.39 is 15.9 Å². The summed E-state index contributed by atoms with van der Waals surface area (Å²) in [5.41, 5.74) is 1.28. The summed E-state index contributed by atoms with van der Waals surface area (Å²) in [5.74, 6) is -1.01. The minimum Gasteiger partial charge on any atom is -0.326 e. The van der Waals surface area contributed by atoms with Crippen molar-refractivity contribution in [1.29, 1.82) is 0 Å². The van der Waals surface area contributed by atoms with Gasteiger partial charge in [-0.15, -0.1) is 0 Å². The van der Waals surface area contributed by atoms with Crippen LogP contribution in [0.5, 0.6) is 0 Å². The van der Waals surface area contributed by atoms with Crippen LogP contribution in [-0.2, 0) is 19.6 Å². The normalized spacial score (nSPS) is 11.5. The second-order valence-corrected chi connectivity index (χ2v) is 7.76. The van der Waals surface area contributed by atoms with Gasteiger partial charge < -0.3 is 5.32 Å². The topological polar surface area (TPSA) is 92.3 Å². The maximum atomic E-state index is 12.3. The fraction of sp³-hybridized carbons (Fsp3) is 0.0476. The van der Waals surface area contributed by atoms with E-state index in [9.17, 15) is 18.0 Å². The number of benzene rings is 3. The maximum Gasteiger partial charge on any atom is 0.264 e. The molecule has 0 bridgehead atoms. The molecule has 3 aromatic carbocycles. The van der Waals surface area contributed by atoms with Crippen molar-refractivity contribution in [3.8, 4) is 0 Å². The second kappa shape index (κ2) is 8.06. The van der Waals surface area contributed by atoms with E-state index in [-0.39, 0.29) is 10.8 Å². The Morgan fingerprint density at radius 3 is 2.29 bits per heavy atom. The van der Waals surface area contributed by atoms with Crippen LogP contribution in [0.4, 0.5) is 5.69 Å². The predicted octanol–water partition coefficient (Wildman–Crippen LogP) is 3.32. The van der Waals surface area contributed by atoms with Crippen LogP contribution in [0.25, 0.3) is 16.8 Å². The second-order valence-electron chi connectivity index (χ2n) is 6.08. The summed E-state index contributed by atoms with van der Waals surface area (Å²) in [6.45, 7) is 1.35. The van der Waals surface area contributed by atoms with E-state index in [0.717, 1.165) is 16.3 Å². The van der Waals surface area contributed by atoms with Gasteiger partial charge in [0, 0.05) is 18.7 Å². The van der Waals surface area contributed by atoms with Gasteiger partial charge in [-0.1, -0.05) is 42.5 Å². The van der Waals surface area contributed by atoms with Gasteiger partial charge in [0.2, 0.25) is 5.91 Å². The van der Waals surface area contributed by atoms with Gasteiger partial charge in [-0.3, -0.25) is 9.59 Å². The zero-order chi connectivity index (χ0) is 20.1. The van der Waals surface area contributed by atoms with Crippen molar-refractivity contribution in [3.63, 3.8) is 0 Å². The third kappa shape index (κ3) is 4.63. The summed E-state index contributed by atoms with van der Waals surface area (Å²) < 4.78 is 26.7. The van der Waals surface area contributed by atoms with Crippen molar-refractivity contribution in [2.45, 2.75) is 11.8 Å². The molecule has 0 aliphatic carbocycles. The van der Waals surface area contributed by atoms with Crippen molar-refractivity contribution in [1.82, 2.24) is 4.72 Å². The molecule has 0 aliphatic rings. The van der Waals surface area contributed by atoms with Crippen molar-refractivity contribution in [3.05, 3.63) is 78.4 Å². The van der Waals surface area contributed by atoms with Crippen LogP contribution in [0.2, 0.25) is 0 Å². The zero-order valence-corrected chi connectivity index (χ0v) is 15.9. The zero-order valence-electron chi connectivity index (χ0n) is 15.0. The molecular weight excluding hydrogens is 376 g/mol. The van der Waals surface area contributed by atoms with Crippen LogP contribution in [0.1, 0.15) is 12.5 Å². The number of nitrogens with one attached hydrogen (secondary N) is 2. The minimum atomic E-state index is -4.02. The Kier molecular flexibility index (Phi) is 5.56. The van der Waals surface area contributed by atoms with Gasteiger partial charge >= 0.3 is 0 Å². The molecule has 0 unspecified atom stereocenters. The van der Waals surface area contributed by atoms with Crippen LogP contribution in [0.15, 0.2) is 77.7 Å². The summed E-state index contributed by atoms with van der Waals surface area (Å²) in [6.07, 6.45) is 2.76. The summed E-state index contributed by atoms with van der Waals surface area (Å²) >= 11 is 0. The molecule has 0 aliphatic heterocycles. The third-order valence-corrected chi connectivity index (χ3v) is 5.32. The molecule has 0 spiro atoms. The molecule has 0 aromatic heterocycles. The lowest BCUT2D eigenvalue weighted by molar-refractivity contribution is -0.115. The summed E-state index contributed by atoms with van der Waals surface area (Å²) in [5, 5.41) is 4.53. The fourth-order valence-electron chi connectivity index (χ4n) is 2.71. The molecule has 0 saturated carbocycles. The Bertz CT molecular complexity index is 1160. The van der Waals surface area contributed by atoms with E-state index in [4.69, 9.17) is 0 Å². The Hall–Kier alpha value is -3.45. The summed E-state index contributed by atoms with van der Waals surface area (Å²) in [6, 6.07) is 18.9. The van der Waals surface area contributed by atoms with E-state index in [1.54, 1.807) is 6.08 Å². The summed E-state index contributed by atoms with van der Waals surface area (Å²) in [7, 11) is -4.02.